The highest BCUT2D eigenvalue weighted by Gasteiger charge is 2.37. The second-order valence-corrected chi connectivity index (χ2v) is 8.31. The van der Waals surface area contributed by atoms with Gasteiger partial charge in [-0.1, -0.05) is 37.3 Å². The lowest BCUT2D eigenvalue weighted by atomic mass is 10.1. The first kappa shape index (κ1) is 25.9. The van der Waals surface area contributed by atoms with E-state index in [-0.39, 0.29) is 18.1 Å². The molecule has 0 aliphatic carbocycles. The van der Waals surface area contributed by atoms with E-state index < -0.39 is 47.1 Å². The van der Waals surface area contributed by atoms with Gasteiger partial charge < -0.3 is 20.1 Å². The lowest BCUT2D eigenvalue weighted by Crippen LogP contribution is -2.52. The summed E-state index contributed by atoms with van der Waals surface area (Å²) in [7, 11) is 0. The van der Waals surface area contributed by atoms with Crippen LogP contribution in [0, 0.1) is 16.0 Å². The topological polar surface area (TPSA) is 165 Å². The molecular weight excluding hydrogens is 458 g/mol. The lowest BCUT2D eigenvalue weighted by Gasteiger charge is -2.27. The molecule has 1 fully saturated rings. The van der Waals surface area contributed by atoms with Crippen LogP contribution in [0.25, 0.3) is 0 Å². The third-order valence-corrected chi connectivity index (χ3v) is 5.96. The molecule has 12 nitrogen and oxygen atoms in total. The van der Waals surface area contributed by atoms with Crippen LogP contribution in [0.1, 0.15) is 25.3 Å². The number of hydrogen-bond acceptors (Lipinski definition) is 9. The summed E-state index contributed by atoms with van der Waals surface area (Å²) >= 11 is 0.659. The molecule has 33 heavy (non-hydrogen) atoms. The van der Waals surface area contributed by atoms with Gasteiger partial charge in [0.05, 0.1) is 0 Å². The van der Waals surface area contributed by atoms with Gasteiger partial charge in [0.15, 0.2) is 0 Å². The summed E-state index contributed by atoms with van der Waals surface area (Å²) in [5.41, 5.74) is 0.755. The Morgan fingerprint density at radius 1 is 1.30 bits per heavy atom. The molecule has 0 saturated carbocycles. The number of carbonyl (C=O) groups is 4. The summed E-state index contributed by atoms with van der Waals surface area (Å²) in [4.78, 5) is 64.2. The largest absolute Gasteiger partial charge is 0.480 e. The molecule has 0 radical (unpaired) electrons. The lowest BCUT2D eigenvalue weighted by molar-refractivity contribution is -0.765. The van der Waals surface area contributed by atoms with Crippen molar-refractivity contribution in [3.63, 3.8) is 0 Å². The summed E-state index contributed by atoms with van der Waals surface area (Å²) in [5.74, 6) is -2.68. The van der Waals surface area contributed by atoms with Crippen molar-refractivity contribution >= 4 is 34.8 Å². The fourth-order valence-corrected chi connectivity index (χ4v) is 3.99. The minimum atomic E-state index is -1.17. The zero-order chi connectivity index (χ0) is 24.4. The molecule has 1 aliphatic rings. The van der Waals surface area contributed by atoms with Crippen LogP contribution in [0.15, 0.2) is 30.3 Å². The Bertz CT molecular complexity index is 868. The zero-order valence-electron chi connectivity index (χ0n) is 17.9. The molecule has 3 atom stereocenters. The zero-order valence-corrected chi connectivity index (χ0v) is 18.7. The van der Waals surface area contributed by atoms with Gasteiger partial charge in [-0.05, 0) is 30.2 Å². The van der Waals surface area contributed by atoms with E-state index in [1.807, 2.05) is 0 Å². The first-order valence-corrected chi connectivity index (χ1v) is 11.1. The second kappa shape index (κ2) is 12.6. The molecule has 180 valence electrons. The van der Waals surface area contributed by atoms with Gasteiger partial charge in [-0.15, -0.1) is 10.1 Å². The summed E-state index contributed by atoms with van der Waals surface area (Å²) in [6.07, 6.45) is 1.09. The van der Waals surface area contributed by atoms with Gasteiger partial charge in [0.1, 0.15) is 12.1 Å². The maximum Gasteiger partial charge on any atom is 0.369 e. The van der Waals surface area contributed by atoms with E-state index in [1.54, 1.807) is 37.3 Å². The predicted molar refractivity (Wildman–Crippen MR) is 115 cm³/mol. The van der Waals surface area contributed by atoms with Crippen LogP contribution in [-0.2, 0) is 30.4 Å². The van der Waals surface area contributed by atoms with E-state index in [4.69, 9.17) is 0 Å². The van der Waals surface area contributed by atoms with Crippen LogP contribution < -0.4 is 5.32 Å². The number of likely N-dealkylation sites (tertiary alicyclic amines) is 1. The van der Waals surface area contributed by atoms with Crippen LogP contribution in [-0.4, -0.2) is 69.4 Å². The monoisotopic (exact) mass is 483 g/mol. The van der Waals surface area contributed by atoms with Gasteiger partial charge in [0.25, 0.3) is 5.09 Å². The van der Waals surface area contributed by atoms with Gasteiger partial charge in [-0.3, -0.25) is 14.4 Å². The molecule has 1 aromatic rings. The number of ether oxygens (including phenoxy) is 1. The quantitative estimate of drug-likeness (QED) is 0.204. The van der Waals surface area contributed by atoms with Crippen LogP contribution in [0.4, 0.5) is 4.79 Å². The molecule has 1 saturated heterocycles. The van der Waals surface area contributed by atoms with Gasteiger partial charge >= 0.3 is 11.3 Å². The molecule has 0 aromatic heterocycles. The summed E-state index contributed by atoms with van der Waals surface area (Å²) in [6.45, 7) is 1.08. The van der Waals surface area contributed by atoms with E-state index in [0.717, 1.165) is 5.56 Å². The Morgan fingerprint density at radius 2 is 2.00 bits per heavy atom. The average Bonchev–Trinajstić information content (AvgIpc) is 3.27. The number of rotatable bonds is 11. The van der Waals surface area contributed by atoms with E-state index in [9.17, 15) is 34.4 Å². The van der Waals surface area contributed by atoms with E-state index in [2.05, 4.69) is 14.9 Å². The number of carboxylic acid groups (broad SMARTS) is 1. The van der Waals surface area contributed by atoms with Crippen molar-refractivity contribution in [1.29, 1.82) is 0 Å². The van der Waals surface area contributed by atoms with Crippen LogP contribution in [0.5, 0.6) is 0 Å². The molecule has 2 rings (SSSR count). The van der Waals surface area contributed by atoms with Crippen molar-refractivity contribution in [2.75, 3.05) is 19.1 Å². The smallest absolute Gasteiger partial charge is 0.369 e. The highest BCUT2D eigenvalue weighted by atomic mass is 32.2. The number of benzene rings is 1. The molecule has 1 heterocycles. The molecular formula is C20H25N3O9S. The molecule has 0 spiro atoms. The third-order valence-electron chi connectivity index (χ3n) is 4.94. The minimum absolute atomic E-state index is 0.0345. The molecule has 13 heteroatoms. The van der Waals surface area contributed by atoms with E-state index in [1.165, 1.54) is 4.90 Å². The molecule has 2 amide bonds. The fraction of sp³-hybridized carbons (Fsp3) is 0.500. The van der Waals surface area contributed by atoms with Gasteiger partial charge in [-0.25, -0.2) is 9.59 Å². The van der Waals surface area contributed by atoms with Gasteiger partial charge in [-0.2, -0.15) is 0 Å². The second-order valence-electron chi connectivity index (χ2n) is 7.36. The molecule has 1 aliphatic heterocycles. The number of nitrogens with one attached hydrogen (secondary N) is 1. The first-order valence-electron chi connectivity index (χ1n) is 10.1. The standard InChI is InChI=1S/C20H25N3O9S/c1-13(11-33-20(28)31-12-32-23(29)30)18(25)22-9-5-8-16(22)17(24)21-15(19(26)27)10-14-6-3-2-4-7-14/h2-4,6-7,13,15-16H,5,8-12H2,1H3,(H,21,24)(H,26,27)/t13-,15-,16+/m1/s1. The molecule has 0 bridgehead atoms. The van der Waals surface area contributed by atoms with Gasteiger partial charge in [0.2, 0.25) is 18.6 Å². The highest BCUT2D eigenvalue weighted by Crippen LogP contribution is 2.22. The van der Waals surface area contributed by atoms with Crippen molar-refractivity contribution in [1.82, 2.24) is 10.2 Å². The average molecular weight is 483 g/mol. The van der Waals surface area contributed by atoms with E-state index in [0.29, 0.717) is 31.1 Å². The van der Waals surface area contributed by atoms with Crippen molar-refractivity contribution in [2.45, 2.75) is 38.3 Å². The number of aliphatic carboxylic acids is 1. The highest BCUT2D eigenvalue weighted by molar-refractivity contribution is 8.13. The Balaban J connectivity index is 1.90. The number of amides is 2. The number of hydrogen-bond donors (Lipinski definition) is 2. The van der Waals surface area contributed by atoms with Crippen molar-refractivity contribution in [3.05, 3.63) is 46.0 Å². The van der Waals surface area contributed by atoms with Crippen LogP contribution >= 0.6 is 11.8 Å². The number of nitrogens with zero attached hydrogens (tertiary/aromatic N) is 2. The first-order chi connectivity index (χ1) is 15.7. The van der Waals surface area contributed by atoms with Crippen molar-refractivity contribution in [3.8, 4) is 0 Å². The van der Waals surface area contributed by atoms with Crippen LogP contribution in [0.2, 0.25) is 0 Å². The van der Waals surface area contributed by atoms with Crippen molar-refractivity contribution in [2.24, 2.45) is 5.92 Å². The molecule has 1 aromatic carbocycles. The van der Waals surface area contributed by atoms with Crippen molar-refractivity contribution < 1.29 is 38.9 Å². The Morgan fingerprint density at radius 3 is 2.64 bits per heavy atom. The van der Waals surface area contributed by atoms with Crippen LogP contribution in [0.3, 0.4) is 0 Å². The number of carboxylic acids is 1. The number of carbonyl (C=O) groups excluding carboxylic acids is 3. The maximum absolute atomic E-state index is 12.8. The minimum Gasteiger partial charge on any atom is -0.480 e. The van der Waals surface area contributed by atoms with E-state index >= 15 is 0 Å². The summed E-state index contributed by atoms with van der Waals surface area (Å²) < 4.78 is 4.50. The SMILES string of the molecule is C[C@H](CSC(=O)OCO[N+](=O)[O-])C(=O)N1CCC[C@H]1C(=O)N[C@H](Cc1ccccc1)C(=O)O. The molecule has 0 unspecified atom stereocenters. The Hall–Kier alpha value is -3.35. The Labute approximate surface area is 193 Å². The third kappa shape index (κ3) is 8.25. The summed E-state index contributed by atoms with van der Waals surface area (Å²) in [6, 6.07) is 6.95. The number of thioether (sulfide) groups is 1. The van der Waals surface area contributed by atoms with Gasteiger partial charge in [0, 0.05) is 24.6 Å². The maximum atomic E-state index is 12.8. The fourth-order valence-electron chi connectivity index (χ4n) is 3.33. The normalized spacial score (nSPS) is 17.0. The molecule has 2 N–H and O–H groups in total. The predicted octanol–water partition coefficient (Wildman–Crippen LogP) is 1.46. The Kier molecular flexibility index (Phi) is 9.91. The summed E-state index contributed by atoms with van der Waals surface area (Å²) in [5, 5.41) is 20.1.